The van der Waals surface area contributed by atoms with E-state index in [1.54, 1.807) is 11.3 Å². The van der Waals surface area contributed by atoms with E-state index >= 15 is 0 Å². The van der Waals surface area contributed by atoms with Crippen molar-refractivity contribution in [3.63, 3.8) is 0 Å². The molecule has 1 saturated heterocycles. The Hall–Kier alpha value is -0.450. The minimum atomic E-state index is 0.587. The molecule has 13 heavy (non-hydrogen) atoms. The third-order valence-electron chi connectivity index (χ3n) is 2.26. The van der Waals surface area contributed by atoms with Gasteiger partial charge in [0.15, 0.2) is 0 Å². The Morgan fingerprint density at radius 3 is 3.31 bits per heavy atom. The topological polar surface area (TPSA) is 48.1 Å². The Balaban J connectivity index is 2.03. The zero-order valence-corrected chi connectivity index (χ0v) is 8.35. The minimum absolute atomic E-state index is 0.587. The Bertz CT molecular complexity index is 268. The lowest BCUT2D eigenvalue weighted by Crippen LogP contribution is -2.01. The highest BCUT2D eigenvalue weighted by atomic mass is 32.1. The number of aromatic nitrogens is 1. The fourth-order valence-electron chi connectivity index (χ4n) is 1.51. The van der Waals surface area contributed by atoms with E-state index in [0.29, 0.717) is 12.5 Å². The number of nitrogens with zero attached hydrogens (tertiary/aromatic N) is 1. The molecule has 1 aliphatic rings. The summed E-state index contributed by atoms with van der Waals surface area (Å²) in [6, 6.07) is 0. The summed E-state index contributed by atoms with van der Waals surface area (Å²) in [5.74, 6) is 0.587. The van der Waals surface area contributed by atoms with Gasteiger partial charge in [0.05, 0.1) is 11.6 Å². The van der Waals surface area contributed by atoms with Crippen LogP contribution in [0.4, 0.5) is 0 Å². The van der Waals surface area contributed by atoms with Crippen molar-refractivity contribution in [1.82, 2.24) is 4.98 Å². The number of hydrogen-bond acceptors (Lipinski definition) is 4. The standard InChI is InChI=1S/C9H14N2OS/c10-3-1-9-11-5-8(13-9)7-2-4-12-6-7/h5,7H,1-4,6,10H2. The predicted molar refractivity (Wildman–Crippen MR) is 53.0 cm³/mol. The Labute approximate surface area is 81.9 Å². The molecule has 1 aliphatic heterocycles. The molecule has 0 saturated carbocycles. The maximum absolute atomic E-state index is 5.47. The van der Waals surface area contributed by atoms with E-state index in [1.807, 2.05) is 6.20 Å². The van der Waals surface area contributed by atoms with Gasteiger partial charge in [-0.3, -0.25) is 0 Å². The summed E-state index contributed by atoms with van der Waals surface area (Å²) in [7, 11) is 0. The van der Waals surface area contributed by atoms with Gasteiger partial charge in [0.25, 0.3) is 0 Å². The van der Waals surface area contributed by atoms with E-state index in [4.69, 9.17) is 10.5 Å². The van der Waals surface area contributed by atoms with Crippen molar-refractivity contribution in [2.45, 2.75) is 18.8 Å². The van der Waals surface area contributed by atoms with Gasteiger partial charge in [-0.2, -0.15) is 0 Å². The molecule has 0 radical (unpaired) electrons. The molecule has 72 valence electrons. The lowest BCUT2D eigenvalue weighted by atomic mass is 10.1. The van der Waals surface area contributed by atoms with Crippen molar-refractivity contribution in [2.75, 3.05) is 19.8 Å². The lowest BCUT2D eigenvalue weighted by molar-refractivity contribution is 0.194. The highest BCUT2D eigenvalue weighted by Crippen LogP contribution is 2.29. The Morgan fingerprint density at radius 2 is 2.62 bits per heavy atom. The smallest absolute Gasteiger partial charge is 0.0940 e. The van der Waals surface area contributed by atoms with Crippen LogP contribution in [0.2, 0.25) is 0 Å². The highest BCUT2D eigenvalue weighted by Gasteiger charge is 2.19. The summed E-state index contributed by atoms with van der Waals surface area (Å²) < 4.78 is 5.33. The van der Waals surface area contributed by atoms with E-state index in [2.05, 4.69) is 4.98 Å². The Morgan fingerprint density at radius 1 is 1.69 bits per heavy atom. The number of nitrogens with two attached hydrogens (primary N) is 1. The average Bonchev–Trinajstić information content (AvgIpc) is 2.70. The van der Waals surface area contributed by atoms with Gasteiger partial charge >= 0.3 is 0 Å². The summed E-state index contributed by atoms with van der Waals surface area (Å²) in [5.41, 5.74) is 5.47. The zero-order valence-electron chi connectivity index (χ0n) is 7.53. The van der Waals surface area contributed by atoms with E-state index < -0.39 is 0 Å². The van der Waals surface area contributed by atoms with Crippen LogP contribution in [0.1, 0.15) is 22.2 Å². The molecule has 0 bridgehead atoms. The van der Waals surface area contributed by atoms with Crippen LogP contribution in [-0.2, 0) is 11.2 Å². The largest absolute Gasteiger partial charge is 0.381 e. The van der Waals surface area contributed by atoms with Crippen LogP contribution in [0.5, 0.6) is 0 Å². The van der Waals surface area contributed by atoms with Crippen LogP contribution in [0.25, 0.3) is 0 Å². The zero-order chi connectivity index (χ0) is 9.10. The fraction of sp³-hybridized carbons (Fsp3) is 0.667. The quantitative estimate of drug-likeness (QED) is 0.792. The molecule has 2 N–H and O–H groups in total. The van der Waals surface area contributed by atoms with Gasteiger partial charge < -0.3 is 10.5 Å². The van der Waals surface area contributed by atoms with Crippen LogP contribution >= 0.6 is 11.3 Å². The molecule has 1 unspecified atom stereocenters. The minimum Gasteiger partial charge on any atom is -0.381 e. The van der Waals surface area contributed by atoms with Gasteiger partial charge in [-0.25, -0.2) is 4.98 Å². The monoisotopic (exact) mass is 198 g/mol. The second-order valence-corrected chi connectivity index (χ2v) is 4.40. The highest BCUT2D eigenvalue weighted by molar-refractivity contribution is 7.11. The van der Waals surface area contributed by atoms with Gasteiger partial charge in [-0.15, -0.1) is 11.3 Å². The van der Waals surface area contributed by atoms with E-state index in [9.17, 15) is 0 Å². The third-order valence-corrected chi connectivity index (χ3v) is 3.48. The molecule has 1 aromatic rings. The van der Waals surface area contributed by atoms with E-state index in [-0.39, 0.29) is 0 Å². The first-order valence-electron chi connectivity index (χ1n) is 4.62. The maximum Gasteiger partial charge on any atom is 0.0940 e. The van der Waals surface area contributed by atoms with Crippen LogP contribution in [-0.4, -0.2) is 24.7 Å². The van der Waals surface area contributed by atoms with Crippen LogP contribution in [0.15, 0.2) is 6.20 Å². The maximum atomic E-state index is 5.47. The first kappa shape index (κ1) is 9.12. The number of hydrogen-bond donors (Lipinski definition) is 1. The summed E-state index contributed by atoms with van der Waals surface area (Å²) in [6.45, 7) is 2.45. The Kier molecular flexibility index (Phi) is 2.93. The van der Waals surface area contributed by atoms with Crippen LogP contribution < -0.4 is 5.73 Å². The molecule has 3 nitrogen and oxygen atoms in total. The molecule has 1 aromatic heterocycles. The van der Waals surface area contributed by atoms with Gasteiger partial charge in [-0.1, -0.05) is 0 Å². The molecular weight excluding hydrogens is 184 g/mol. The van der Waals surface area contributed by atoms with Crippen LogP contribution in [0, 0.1) is 0 Å². The van der Waals surface area contributed by atoms with Crippen molar-refractivity contribution < 1.29 is 4.74 Å². The van der Waals surface area contributed by atoms with Gasteiger partial charge in [-0.05, 0) is 13.0 Å². The van der Waals surface area contributed by atoms with Crippen molar-refractivity contribution in [2.24, 2.45) is 5.73 Å². The first-order chi connectivity index (χ1) is 6.40. The number of rotatable bonds is 3. The molecule has 0 aromatic carbocycles. The van der Waals surface area contributed by atoms with Crippen molar-refractivity contribution in [3.05, 3.63) is 16.1 Å². The van der Waals surface area contributed by atoms with Gasteiger partial charge in [0.1, 0.15) is 0 Å². The van der Waals surface area contributed by atoms with Crippen molar-refractivity contribution in [3.8, 4) is 0 Å². The molecule has 1 atom stereocenters. The SMILES string of the molecule is NCCc1ncc(C2CCOC2)s1. The molecule has 4 heteroatoms. The lowest BCUT2D eigenvalue weighted by Gasteiger charge is -2.00. The predicted octanol–water partition coefficient (Wildman–Crippen LogP) is 1.15. The van der Waals surface area contributed by atoms with Crippen molar-refractivity contribution >= 4 is 11.3 Å². The third kappa shape index (κ3) is 2.07. The first-order valence-corrected chi connectivity index (χ1v) is 5.44. The molecular formula is C9H14N2OS. The van der Waals surface area contributed by atoms with Gasteiger partial charge in [0, 0.05) is 30.0 Å². The summed E-state index contributed by atoms with van der Waals surface area (Å²) >= 11 is 1.78. The molecule has 1 fully saturated rings. The van der Waals surface area contributed by atoms with Gasteiger partial charge in [0.2, 0.25) is 0 Å². The second kappa shape index (κ2) is 4.17. The normalized spacial score (nSPS) is 22.4. The summed E-state index contributed by atoms with van der Waals surface area (Å²) in [6.07, 6.45) is 4.03. The number of thiazole rings is 1. The molecule has 2 rings (SSSR count). The molecule has 2 heterocycles. The number of ether oxygens (including phenoxy) is 1. The molecule has 0 aliphatic carbocycles. The molecule has 0 amide bonds. The van der Waals surface area contributed by atoms with Crippen molar-refractivity contribution in [1.29, 1.82) is 0 Å². The average molecular weight is 198 g/mol. The summed E-state index contributed by atoms with van der Waals surface area (Å²) in [4.78, 5) is 5.70. The fourth-order valence-corrected chi connectivity index (χ4v) is 2.57. The molecule has 0 spiro atoms. The van der Waals surface area contributed by atoms with Crippen LogP contribution in [0.3, 0.4) is 0 Å². The summed E-state index contributed by atoms with van der Waals surface area (Å²) in [5, 5.41) is 1.16. The second-order valence-electron chi connectivity index (χ2n) is 3.26. The van der Waals surface area contributed by atoms with E-state index in [0.717, 1.165) is 31.1 Å². The van der Waals surface area contributed by atoms with E-state index in [1.165, 1.54) is 4.88 Å².